The fourth-order valence-electron chi connectivity index (χ4n) is 1.44. The topological polar surface area (TPSA) is 78.4 Å². The molecule has 21 heavy (non-hydrogen) atoms. The zero-order valence-electron chi connectivity index (χ0n) is 11.5. The Kier molecular flexibility index (Phi) is 6.28. The lowest BCUT2D eigenvalue weighted by Crippen LogP contribution is -2.51. The molecular formula is C13H15Cl3N2O3. The molecule has 5 nitrogen and oxygen atoms in total. The van der Waals surface area contributed by atoms with Crippen LogP contribution in [-0.4, -0.2) is 29.1 Å². The molecule has 0 spiro atoms. The van der Waals surface area contributed by atoms with Crippen molar-refractivity contribution in [1.82, 2.24) is 5.32 Å². The normalized spacial score (nSPS) is 13.6. The lowest BCUT2D eigenvalue weighted by molar-refractivity contribution is -0.144. The highest BCUT2D eigenvalue weighted by Gasteiger charge is 2.30. The first kappa shape index (κ1) is 18.0. The number of amides is 1. The van der Waals surface area contributed by atoms with E-state index in [2.05, 4.69) is 10.6 Å². The third kappa shape index (κ3) is 4.74. The number of carbonyl (C=O) groups is 2. The third-order valence-electron chi connectivity index (χ3n) is 3.10. The Bertz CT molecular complexity index is 566. The lowest BCUT2D eigenvalue weighted by Gasteiger charge is -2.24. The molecular weight excluding hydrogens is 339 g/mol. The molecule has 0 bridgehead atoms. The second-order valence-electron chi connectivity index (χ2n) is 4.64. The molecule has 116 valence electrons. The van der Waals surface area contributed by atoms with Crippen LogP contribution in [0.2, 0.25) is 15.1 Å². The van der Waals surface area contributed by atoms with E-state index in [-0.39, 0.29) is 21.6 Å². The van der Waals surface area contributed by atoms with Crippen LogP contribution in [0.15, 0.2) is 12.1 Å². The Morgan fingerprint density at radius 3 is 2.29 bits per heavy atom. The van der Waals surface area contributed by atoms with Gasteiger partial charge in [-0.25, -0.2) is 0 Å². The number of aliphatic carboxylic acids is 1. The second-order valence-corrected chi connectivity index (χ2v) is 5.86. The van der Waals surface area contributed by atoms with Gasteiger partial charge >= 0.3 is 5.97 Å². The van der Waals surface area contributed by atoms with E-state index in [0.717, 1.165) is 0 Å². The van der Waals surface area contributed by atoms with Crippen LogP contribution in [-0.2, 0) is 9.59 Å². The summed E-state index contributed by atoms with van der Waals surface area (Å²) in [6.45, 7) is 3.05. The standard InChI is InChI=1S/C13H15Cl3N2O3/c1-3-13(2,12(20)21)17-6-11(19)18-10-5-8(15)7(14)4-9(10)16/h4-5,17H,3,6H2,1-2H3,(H,18,19)(H,20,21). The number of hydrogen-bond donors (Lipinski definition) is 3. The van der Waals surface area contributed by atoms with Crippen LogP contribution >= 0.6 is 34.8 Å². The minimum absolute atomic E-state index is 0.173. The summed E-state index contributed by atoms with van der Waals surface area (Å²) in [5.41, 5.74) is -0.856. The maximum absolute atomic E-state index is 11.8. The van der Waals surface area contributed by atoms with E-state index in [4.69, 9.17) is 39.9 Å². The third-order valence-corrected chi connectivity index (χ3v) is 4.14. The number of hydrogen-bond acceptors (Lipinski definition) is 3. The zero-order valence-corrected chi connectivity index (χ0v) is 13.7. The van der Waals surface area contributed by atoms with Gasteiger partial charge in [0.25, 0.3) is 0 Å². The SMILES string of the molecule is CCC(C)(NCC(=O)Nc1cc(Cl)c(Cl)cc1Cl)C(=O)O. The number of halogens is 3. The molecule has 0 aliphatic rings. The number of carboxylic acids is 1. The number of carboxylic acid groups (broad SMARTS) is 1. The fraction of sp³-hybridized carbons (Fsp3) is 0.385. The predicted molar refractivity (Wildman–Crippen MR) is 84.4 cm³/mol. The molecule has 1 aromatic carbocycles. The minimum Gasteiger partial charge on any atom is -0.480 e. The molecule has 1 amide bonds. The molecule has 0 radical (unpaired) electrons. The molecule has 1 atom stereocenters. The Balaban J connectivity index is 2.71. The van der Waals surface area contributed by atoms with Crippen LogP contribution in [0.4, 0.5) is 5.69 Å². The van der Waals surface area contributed by atoms with Crippen molar-refractivity contribution < 1.29 is 14.7 Å². The van der Waals surface area contributed by atoms with Crippen molar-refractivity contribution in [2.45, 2.75) is 25.8 Å². The predicted octanol–water partition coefficient (Wildman–Crippen LogP) is 3.43. The first-order valence-corrected chi connectivity index (χ1v) is 7.26. The smallest absolute Gasteiger partial charge is 0.323 e. The molecule has 0 aliphatic heterocycles. The van der Waals surface area contributed by atoms with Gasteiger partial charge in [0.05, 0.1) is 27.3 Å². The number of anilines is 1. The molecule has 0 fully saturated rings. The Morgan fingerprint density at radius 2 is 1.76 bits per heavy atom. The van der Waals surface area contributed by atoms with Crippen molar-refractivity contribution in [3.8, 4) is 0 Å². The monoisotopic (exact) mass is 352 g/mol. The second kappa shape index (κ2) is 7.31. The van der Waals surface area contributed by atoms with Crippen molar-refractivity contribution in [2.24, 2.45) is 0 Å². The average molecular weight is 354 g/mol. The summed E-state index contributed by atoms with van der Waals surface area (Å²) in [7, 11) is 0. The van der Waals surface area contributed by atoms with Gasteiger partial charge in [-0.2, -0.15) is 0 Å². The highest BCUT2D eigenvalue weighted by molar-refractivity contribution is 6.44. The Morgan fingerprint density at radius 1 is 1.19 bits per heavy atom. The van der Waals surface area contributed by atoms with Gasteiger partial charge in [-0.05, 0) is 25.5 Å². The summed E-state index contributed by atoms with van der Waals surface area (Å²) in [6.07, 6.45) is 0.336. The van der Waals surface area contributed by atoms with Crippen LogP contribution in [0.5, 0.6) is 0 Å². The van der Waals surface area contributed by atoms with Gasteiger partial charge < -0.3 is 10.4 Å². The Hall–Kier alpha value is -1.01. The van der Waals surface area contributed by atoms with Gasteiger partial charge in [0.2, 0.25) is 5.91 Å². The van der Waals surface area contributed by atoms with E-state index in [1.54, 1.807) is 6.92 Å². The van der Waals surface area contributed by atoms with E-state index in [9.17, 15) is 9.59 Å². The van der Waals surface area contributed by atoms with Crippen molar-refractivity contribution in [2.75, 3.05) is 11.9 Å². The van der Waals surface area contributed by atoms with Gasteiger partial charge in [0, 0.05) is 0 Å². The van der Waals surface area contributed by atoms with Gasteiger partial charge in [0.15, 0.2) is 0 Å². The summed E-state index contributed by atoms with van der Waals surface area (Å²) < 4.78 is 0. The highest BCUT2D eigenvalue weighted by Crippen LogP contribution is 2.32. The maximum atomic E-state index is 11.8. The average Bonchev–Trinajstić information content (AvgIpc) is 2.42. The summed E-state index contributed by atoms with van der Waals surface area (Å²) in [5.74, 6) is -1.46. The van der Waals surface area contributed by atoms with Gasteiger partial charge in [-0.15, -0.1) is 0 Å². The number of nitrogens with one attached hydrogen (secondary N) is 2. The number of carbonyl (C=O) groups excluding carboxylic acids is 1. The van der Waals surface area contributed by atoms with Crippen molar-refractivity contribution in [3.05, 3.63) is 27.2 Å². The van der Waals surface area contributed by atoms with Crippen LogP contribution in [0, 0.1) is 0 Å². The molecule has 0 saturated heterocycles. The summed E-state index contributed by atoms with van der Waals surface area (Å²) >= 11 is 17.6. The van der Waals surface area contributed by atoms with Crippen molar-refractivity contribution in [3.63, 3.8) is 0 Å². The van der Waals surface area contributed by atoms with E-state index in [1.807, 2.05) is 0 Å². The van der Waals surface area contributed by atoms with Crippen molar-refractivity contribution >= 4 is 52.4 Å². The highest BCUT2D eigenvalue weighted by atomic mass is 35.5. The van der Waals surface area contributed by atoms with E-state index >= 15 is 0 Å². The van der Waals surface area contributed by atoms with Crippen LogP contribution < -0.4 is 10.6 Å². The van der Waals surface area contributed by atoms with Crippen LogP contribution in [0.3, 0.4) is 0 Å². The largest absolute Gasteiger partial charge is 0.480 e. The molecule has 0 heterocycles. The van der Waals surface area contributed by atoms with Gasteiger partial charge in [-0.3, -0.25) is 14.9 Å². The fourth-order valence-corrected chi connectivity index (χ4v) is 2.03. The first-order chi connectivity index (χ1) is 9.69. The molecule has 0 saturated carbocycles. The van der Waals surface area contributed by atoms with Gasteiger partial charge in [-0.1, -0.05) is 41.7 Å². The number of rotatable bonds is 6. The lowest BCUT2D eigenvalue weighted by atomic mass is 9.99. The Labute approximate surface area is 137 Å². The molecule has 1 rings (SSSR count). The van der Waals surface area contributed by atoms with Crippen molar-refractivity contribution in [1.29, 1.82) is 0 Å². The first-order valence-electron chi connectivity index (χ1n) is 6.12. The zero-order chi connectivity index (χ0) is 16.2. The van der Waals surface area contributed by atoms with E-state index in [1.165, 1.54) is 19.1 Å². The quantitative estimate of drug-likeness (QED) is 0.685. The molecule has 0 aromatic heterocycles. The van der Waals surface area contributed by atoms with E-state index < -0.39 is 17.4 Å². The molecule has 1 unspecified atom stereocenters. The van der Waals surface area contributed by atoms with Crippen LogP contribution in [0.1, 0.15) is 20.3 Å². The molecule has 0 aliphatic carbocycles. The van der Waals surface area contributed by atoms with E-state index in [0.29, 0.717) is 12.1 Å². The van der Waals surface area contributed by atoms with Gasteiger partial charge in [0.1, 0.15) is 5.54 Å². The van der Waals surface area contributed by atoms with Crippen LogP contribution in [0.25, 0.3) is 0 Å². The summed E-state index contributed by atoms with van der Waals surface area (Å²) in [4.78, 5) is 23.0. The number of benzene rings is 1. The molecule has 3 N–H and O–H groups in total. The molecule has 1 aromatic rings. The summed E-state index contributed by atoms with van der Waals surface area (Å²) in [6, 6.07) is 2.85. The molecule has 8 heteroatoms. The minimum atomic E-state index is -1.17. The summed E-state index contributed by atoms with van der Waals surface area (Å²) in [5, 5.41) is 15.1. The maximum Gasteiger partial charge on any atom is 0.323 e.